The molecule has 3 nitrogen and oxygen atoms in total. The lowest BCUT2D eigenvalue weighted by Crippen LogP contribution is -1.81. The van der Waals surface area contributed by atoms with Gasteiger partial charge in [0.05, 0.1) is 30.0 Å². The average Bonchev–Trinajstić information content (AvgIpc) is 3.46. The summed E-state index contributed by atoms with van der Waals surface area (Å²) in [6.07, 6.45) is 0. The minimum absolute atomic E-state index is 0.904. The molecule has 4 aromatic heterocycles. The maximum Gasteiger partial charge on any atom is 0.120 e. The Balaban J connectivity index is 1.76. The van der Waals surface area contributed by atoms with Crippen LogP contribution in [0.4, 0.5) is 0 Å². The van der Waals surface area contributed by atoms with E-state index in [2.05, 4.69) is 59.0 Å². The van der Waals surface area contributed by atoms with Crippen molar-refractivity contribution in [3.8, 4) is 11.5 Å². The Kier molecular flexibility index (Phi) is 2.91. The van der Waals surface area contributed by atoms with E-state index in [1.807, 2.05) is 22.7 Å². The highest BCUT2D eigenvalue weighted by atomic mass is 32.1. The number of rotatable bonds is 2. The first-order chi connectivity index (χ1) is 14.3. The normalized spacial score (nSPS) is 12.5. The Morgan fingerprint density at radius 2 is 1.38 bits per heavy atom. The van der Waals surface area contributed by atoms with Crippen LogP contribution in [-0.4, -0.2) is 18.6 Å². The molecule has 0 spiro atoms. The molecule has 0 bridgehead atoms. The molecule has 0 aliphatic heterocycles. The number of aromatic nitrogens is 1. The molecule has 7 aromatic rings. The van der Waals surface area contributed by atoms with Gasteiger partial charge in [-0.15, -0.1) is 22.7 Å². The molecular formula is C24H15NO2S2. The van der Waals surface area contributed by atoms with Gasteiger partial charge in [0, 0.05) is 36.3 Å². The number of fused-ring (bicyclic) bond motifs is 10. The molecule has 29 heavy (non-hydrogen) atoms. The van der Waals surface area contributed by atoms with E-state index in [4.69, 9.17) is 9.47 Å². The number of methoxy groups -OCH3 is 2. The van der Waals surface area contributed by atoms with E-state index in [1.54, 1.807) is 14.2 Å². The lowest BCUT2D eigenvalue weighted by atomic mass is 10.1. The zero-order valence-electron chi connectivity index (χ0n) is 15.8. The number of thiophene rings is 2. The number of para-hydroxylation sites is 1. The molecule has 0 aliphatic carbocycles. The fourth-order valence-electron chi connectivity index (χ4n) is 4.69. The maximum absolute atomic E-state index is 5.46. The van der Waals surface area contributed by atoms with E-state index in [9.17, 15) is 0 Å². The molecule has 4 heterocycles. The summed E-state index contributed by atoms with van der Waals surface area (Å²) in [5.74, 6) is 1.81. The molecule has 0 aliphatic rings. The maximum atomic E-state index is 5.46. The van der Waals surface area contributed by atoms with Crippen molar-refractivity contribution in [2.24, 2.45) is 0 Å². The first-order valence-electron chi connectivity index (χ1n) is 9.43. The van der Waals surface area contributed by atoms with Gasteiger partial charge in [-0.25, -0.2) is 0 Å². The second-order valence-electron chi connectivity index (χ2n) is 7.32. The molecule has 0 atom stereocenters. The van der Waals surface area contributed by atoms with Gasteiger partial charge in [-0.3, -0.25) is 4.40 Å². The third-order valence-corrected chi connectivity index (χ3v) is 8.26. The smallest absolute Gasteiger partial charge is 0.120 e. The molecule has 0 unspecified atom stereocenters. The Bertz CT molecular complexity index is 1730. The lowest BCUT2D eigenvalue weighted by Gasteiger charge is -2.00. The fraction of sp³-hybridized carbons (Fsp3) is 0.0833. The van der Waals surface area contributed by atoms with Crippen LogP contribution >= 0.6 is 22.7 Å². The van der Waals surface area contributed by atoms with E-state index in [0.717, 1.165) is 11.5 Å². The molecule has 0 saturated carbocycles. The third-order valence-electron chi connectivity index (χ3n) is 5.95. The van der Waals surface area contributed by atoms with E-state index in [1.165, 1.54) is 56.9 Å². The predicted molar refractivity (Wildman–Crippen MR) is 125 cm³/mol. The van der Waals surface area contributed by atoms with E-state index < -0.39 is 0 Å². The van der Waals surface area contributed by atoms with E-state index in [0.29, 0.717) is 0 Å². The summed E-state index contributed by atoms with van der Waals surface area (Å²) >= 11 is 3.70. The molecule has 0 amide bonds. The number of ether oxygens (including phenoxy) is 2. The molecule has 7 rings (SSSR count). The highest BCUT2D eigenvalue weighted by molar-refractivity contribution is 7.27. The average molecular weight is 414 g/mol. The van der Waals surface area contributed by atoms with Crippen molar-refractivity contribution >= 4 is 79.6 Å². The van der Waals surface area contributed by atoms with Crippen LogP contribution in [0, 0.1) is 0 Å². The van der Waals surface area contributed by atoms with Crippen LogP contribution in [-0.2, 0) is 0 Å². The first-order valence-corrected chi connectivity index (χ1v) is 11.1. The molecule has 0 fully saturated rings. The second kappa shape index (κ2) is 5.32. The Morgan fingerprint density at radius 1 is 0.690 bits per heavy atom. The summed E-state index contributed by atoms with van der Waals surface area (Å²) in [6.45, 7) is 0. The van der Waals surface area contributed by atoms with Crippen molar-refractivity contribution in [1.82, 2.24) is 4.40 Å². The van der Waals surface area contributed by atoms with Gasteiger partial charge in [0.15, 0.2) is 0 Å². The van der Waals surface area contributed by atoms with Gasteiger partial charge in [-0.1, -0.05) is 18.2 Å². The summed E-state index contributed by atoms with van der Waals surface area (Å²) in [7, 11) is 3.45. The van der Waals surface area contributed by atoms with Gasteiger partial charge < -0.3 is 9.47 Å². The van der Waals surface area contributed by atoms with Gasteiger partial charge >= 0.3 is 0 Å². The topological polar surface area (TPSA) is 22.9 Å². The quantitative estimate of drug-likeness (QED) is 0.297. The van der Waals surface area contributed by atoms with Crippen LogP contribution in [0.3, 0.4) is 0 Å². The van der Waals surface area contributed by atoms with Gasteiger partial charge in [-0.2, -0.15) is 0 Å². The van der Waals surface area contributed by atoms with Crippen molar-refractivity contribution in [1.29, 1.82) is 0 Å². The monoisotopic (exact) mass is 413 g/mol. The summed E-state index contributed by atoms with van der Waals surface area (Å²) in [5.41, 5.74) is 2.65. The molecular weight excluding hydrogens is 398 g/mol. The summed E-state index contributed by atoms with van der Waals surface area (Å²) in [4.78, 5) is 1.31. The van der Waals surface area contributed by atoms with Crippen LogP contribution in [0.2, 0.25) is 0 Å². The zero-order valence-corrected chi connectivity index (χ0v) is 17.4. The predicted octanol–water partition coefficient (Wildman–Crippen LogP) is 7.28. The molecule has 5 heteroatoms. The number of benzene rings is 3. The summed E-state index contributed by atoms with van der Waals surface area (Å²) < 4.78 is 17.3. The van der Waals surface area contributed by atoms with Crippen molar-refractivity contribution in [3.63, 3.8) is 0 Å². The fourth-order valence-corrected chi connectivity index (χ4v) is 7.19. The summed E-state index contributed by atoms with van der Waals surface area (Å²) in [5, 5.41) is 6.61. The van der Waals surface area contributed by atoms with Crippen molar-refractivity contribution < 1.29 is 9.47 Å². The Hall–Kier alpha value is -3.02. The summed E-state index contributed by atoms with van der Waals surface area (Å²) in [6, 6.07) is 19.5. The van der Waals surface area contributed by atoms with Gasteiger partial charge in [-0.05, 0) is 36.4 Å². The SMILES string of the molecule is COc1ccc2c(c1)sc1c2c2cccc3c4sc5cc(OC)ccc5c4n1c32. The highest BCUT2D eigenvalue weighted by Gasteiger charge is 2.23. The van der Waals surface area contributed by atoms with Gasteiger partial charge in [0.1, 0.15) is 16.3 Å². The standard InChI is InChI=1S/C24H15NO2S2/c1-26-12-6-8-14-18(10-12)29-24-20(14)16-4-3-5-17-21(16)25(24)22-15-9-7-13(27-2)11-19(15)28-23(17)22/h3-11H,1-2H3. The molecule has 0 N–H and O–H groups in total. The van der Waals surface area contributed by atoms with Crippen molar-refractivity contribution in [3.05, 3.63) is 54.6 Å². The minimum Gasteiger partial charge on any atom is -0.497 e. The number of hydrogen-bond acceptors (Lipinski definition) is 4. The molecule has 140 valence electrons. The minimum atomic E-state index is 0.904. The number of hydrogen-bond donors (Lipinski definition) is 0. The lowest BCUT2D eigenvalue weighted by molar-refractivity contribution is 0.415. The third kappa shape index (κ3) is 1.83. The van der Waals surface area contributed by atoms with Crippen LogP contribution < -0.4 is 9.47 Å². The Labute approximate surface area is 173 Å². The van der Waals surface area contributed by atoms with Crippen LogP contribution in [0.5, 0.6) is 11.5 Å². The highest BCUT2D eigenvalue weighted by Crippen LogP contribution is 2.49. The molecule has 0 saturated heterocycles. The van der Waals surface area contributed by atoms with Gasteiger partial charge in [0.2, 0.25) is 0 Å². The van der Waals surface area contributed by atoms with E-state index in [-0.39, 0.29) is 0 Å². The van der Waals surface area contributed by atoms with Crippen molar-refractivity contribution in [2.75, 3.05) is 14.2 Å². The second-order valence-corrected chi connectivity index (χ2v) is 9.41. The van der Waals surface area contributed by atoms with Crippen LogP contribution in [0.1, 0.15) is 0 Å². The first kappa shape index (κ1) is 15.9. The Morgan fingerprint density at radius 3 is 2.14 bits per heavy atom. The molecule has 3 aromatic carbocycles. The van der Waals surface area contributed by atoms with Crippen LogP contribution in [0.25, 0.3) is 56.9 Å². The zero-order chi connectivity index (χ0) is 19.3. The largest absolute Gasteiger partial charge is 0.497 e. The van der Waals surface area contributed by atoms with E-state index >= 15 is 0 Å². The number of nitrogens with zero attached hydrogens (tertiary/aromatic N) is 1. The van der Waals surface area contributed by atoms with Gasteiger partial charge in [0.25, 0.3) is 0 Å². The van der Waals surface area contributed by atoms with Crippen LogP contribution in [0.15, 0.2) is 54.6 Å². The molecule has 0 radical (unpaired) electrons. The van der Waals surface area contributed by atoms with Crippen molar-refractivity contribution in [2.45, 2.75) is 0 Å².